The minimum Gasteiger partial charge on any atom is -0.310 e. The fourth-order valence-corrected chi connectivity index (χ4v) is 10.4. The van der Waals surface area contributed by atoms with Crippen LogP contribution in [0.4, 0.5) is 17.1 Å². The molecule has 0 saturated heterocycles. The lowest BCUT2D eigenvalue weighted by Gasteiger charge is -2.29. The first-order chi connectivity index (χ1) is 30.2. The van der Waals surface area contributed by atoms with Crippen LogP contribution >= 0.6 is 0 Å². The van der Waals surface area contributed by atoms with Gasteiger partial charge in [-0.1, -0.05) is 188 Å². The molecule has 13 aromatic rings. The lowest BCUT2D eigenvalue weighted by atomic mass is 9.87. The molecule has 0 bridgehead atoms. The first kappa shape index (κ1) is 33.9. The highest BCUT2D eigenvalue weighted by atomic mass is 15.1. The Morgan fingerprint density at radius 2 is 0.738 bits per heavy atom. The highest BCUT2D eigenvalue weighted by Gasteiger charge is 2.21. The van der Waals surface area contributed by atoms with Crippen LogP contribution in [0.25, 0.3) is 108 Å². The topological polar surface area (TPSA) is 3.24 Å². The minimum atomic E-state index is 1.10. The van der Waals surface area contributed by atoms with Gasteiger partial charge in [-0.05, 0) is 139 Å². The average molecular weight is 772 g/mol. The Kier molecular flexibility index (Phi) is 7.37. The minimum absolute atomic E-state index is 1.10. The Morgan fingerprint density at radius 3 is 1.46 bits per heavy atom. The summed E-state index contributed by atoms with van der Waals surface area (Å²) < 4.78 is 0. The van der Waals surface area contributed by atoms with Crippen molar-refractivity contribution in [3.63, 3.8) is 0 Å². The summed E-state index contributed by atoms with van der Waals surface area (Å²) in [7, 11) is 0. The Morgan fingerprint density at radius 1 is 0.230 bits per heavy atom. The van der Waals surface area contributed by atoms with Crippen LogP contribution in [0.1, 0.15) is 0 Å². The Hall–Kier alpha value is -8.00. The van der Waals surface area contributed by atoms with E-state index in [2.05, 4.69) is 229 Å². The molecule has 0 atom stereocenters. The van der Waals surface area contributed by atoms with E-state index in [-0.39, 0.29) is 0 Å². The molecule has 0 amide bonds. The second-order valence-electron chi connectivity index (χ2n) is 16.4. The molecule has 1 nitrogen and oxygen atoms in total. The SMILES string of the molecule is c1ccc(-c2ccccc2N(c2ccc(-c3ccc4c(ccc5ccccc54)c3)cc2)c2cc3ccc4cccc5c6cccc7ccc8cccc(c(c2)c3c45)c8c76)cc1. The van der Waals surface area contributed by atoms with Crippen molar-refractivity contribution in [3.05, 3.63) is 224 Å². The highest BCUT2D eigenvalue weighted by Crippen LogP contribution is 2.48. The standard InChI is InChI=1S/C60H37N/c1-2-11-39(12-3-1)51-18-6-7-22-56(51)61(47-32-29-38(30-33-47)44-31-34-50-45(35-44)27-23-40-13-4-5-17-49(40)50)48-36-46-28-26-43-15-9-20-53-52-19-8-14-41-24-25-42-16-10-21-54(59(42)57(41)52)55(37-48)60(46)58(43)53/h1-37H. The highest BCUT2D eigenvalue weighted by molar-refractivity contribution is 6.37. The van der Waals surface area contributed by atoms with E-state index in [4.69, 9.17) is 0 Å². The maximum atomic E-state index is 2.47. The van der Waals surface area contributed by atoms with Gasteiger partial charge in [0.05, 0.1) is 5.69 Å². The normalized spacial score (nSPS) is 11.9. The number of fused-ring (bicyclic) bond motifs is 5. The van der Waals surface area contributed by atoms with Gasteiger partial charge >= 0.3 is 0 Å². The van der Waals surface area contributed by atoms with Crippen molar-refractivity contribution in [2.75, 3.05) is 4.90 Å². The zero-order chi connectivity index (χ0) is 40.0. The van der Waals surface area contributed by atoms with Gasteiger partial charge in [-0.2, -0.15) is 0 Å². The number of hydrogen-bond donors (Lipinski definition) is 0. The molecule has 1 heteroatoms. The third kappa shape index (κ3) is 5.21. The average Bonchev–Trinajstić information content (AvgIpc) is 3.33. The van der Waals surface area contributed by atoms with Gasteiger partial charge in [-0.3, -0.25) is 0 Å². The van der Waals surface area contributed by atoms with E-state index in [0.717, 1.165) is 17.1 Å². The molecule has 0 aliphatic rings. The molecule has 282 valence electrons. The van der Waals surface area contributed by atoms with Crippen molar-refractivity contribution in [2.45, 2.75) is 0 Å². The second kappa shape index (κ2) is 13.3. The molecule has 0 spiro atoms. The van der Waals surface area contributed by atoms with Crippen LogP contribution < -0.4 is 4.90 Å². The van der Waals surface area contributed by atoms with E-state index in [1.807, 2.05) is 0 Å². The maximum absolute atomic E-state index is 2.47. The Labute approximate surface area is 353 Å². The monoisotopic (exact) mass is 771 g/mol. The quantitative estimate of drug-likeness (QED) is 0.158. The molecular weight excluding hydrogens is 735 g/mol. The van der Waals surface area contributed by atoms with Crippen molar-refractivity contribution in [2.24, 2.45) is 0 Å². The van der Waals surface area contributed by atoms with Gasteiger partial charge in [-0.15, -0.1) is 0 Å². The lowest BCUT2D eigenvalue weighted by Crippen LogP contribution is -2.11. The molecule has 0 radical (unpaired) electrons. The van der Waals surface area contributed by atoms with Gasteiger partial charge in [0.15, 0.2) is 0 Å². The van der Waals surface area contributed by atoms with Crippen molar-refractivity contribution in [1.82, 2.24) is 0 Å². The summed E-state index contributed by atoms with van der Waals surface area (Å²) in [4.78, 5) is 2.47. The molecule has 0 saturated carbocycles. The van der Waals surface area contributed by atoms with E-state index in [0.29, 0.717) is 0 Å². The van der Waals surface area contributed by atoms with Crippen LogP contribution in [-0.2, 0) is 0 Å². The third-order valence-electron chi connectivity index (χ3n) is 13.1. The van der Waals surface area contributed by atoms with Crippen LogP contribution in [0.3, 0.4) is 0 Å². The largest absolute Gasteiger partial charge is 0.310 e. The molecule has 0 N–H and O–H groups in total. The maximum Gasteiger partial charge on any atom is 0.0540 e. The summed E-state index contributed by atoms with van der Waals surface area (Å²) in [6, 6.07) is 83.3. The molecule has 13 aromatic carbocycles. The zero-order valence-electron chi connectivity index (χ0n) is 33.3. The molecule has 0 heterocycles. The van der Waals surface area contributed by atoms with Crippen LogP contribution in [0.15, 0.2) is 224 Å². The van der Waals surface area contributed by atoms with Gasteiger partial charge < -0.3 is 4.90 Å². The van der Waals surface area contributed by atoms with E-state index in [9.17, 15) is 0 Å². The summed E-state index contributed by atoms with van der Waals surface area (Å²) >= 11 is 0. The third-order valence-corrected chi connectivity index (χ3v) is 13.1. The van der Waals surface area contributed by atoms with Gasteiger partial charge in [-0.25, -0.2) is 0 Å². The predicted molar refractivity (Wildman–Crippen MR) is 263 cm³/mol. The van der Waals surface area contributed by atoms with Gasteiger partial charge in [0.2, 0.25) is 0 Å². The molecule has 13 rings (SSSR count). The van der Waals surface area contributed by atoms with E-state index >= 15 is 0 Å². The molecule has 0 aliphatic heterocycles. The number of nitrogens with zero attached hydrogens (tertiary/aromatic N) is 1. The van der Waals surface area contributed by atoms with Gasteiger partial charge in [0.25, 0.3) is 0 Å². The first-order valence-corrected chi connectivity index (χ1v) is 21.2. The number of benzene rings is 12. The summed E-state index contributed by atoms with van der Waals surface area (Å²) in [5.41, 5.74) is 8.10. The first-order valence-electron chi connectivity index (χ1n) is 21.2. The van der Waals surface area contributed by atoms with Gasteiger partial charge in [0, 0.05) is 16.9 Å². The zero-order valence-corrected chi connectivity index (χ0v) is 33.3. The lowest BCUT2D eigenvalue weighted by molar-refractivity contribution is 1.29. The summed E-state index contributed by atoms with van der Waals surface area (Å²) in [5.74, 6) is 0. The van der Waals surface area contributed by atoms with Crippen molar-refractivity contribution < 1.29 is 0 Å². The molecule has 0 fully saturated rings. The molecule has 61 heavy (non-hydrogen) atoms. The Bertz CT molecular complexity index is 3860. The molecule has 0 aromatic heterocycles. The van der Waals surface area contributed by atoms with Crippen LogP contribution in [0.5, 0.6) is 0 Å². The van der Waals surface area contributed by atoms with Crippen LogP contribution in [0.2, 0.25) is 0 Å². The second-order valence-corrected chi connectivity index (χ2v) is 16.4. The Balaban J connectivity index is 1.09. The number of hydrogen-bond acceptors (Lipinski definition) is 1. The number of para-hydroxylation sites is 1. The number of anilines is 3. The van der Waals surface area contributed by atoms with E-state index in [1.165, 1.54) is 108 Å². The van der Waals surface area contributed by atoms with E-state index < -0.39 is 0 Å². The van der Waals surface area contributed by atoms with Crippen molar-refractivity contribution in [1.29, 1.82) is 0 Å². The van der Waals surface area contributed by atoms with E-state index in [1.54, 1.807) is 0 Å². The van der Waals surface area contributed by atoms with Gasteiger partial charge in [0.1, 0.15) is 0 Å². The fourth-order valence-electron chi connectivity index (χ4n) is 10.4. The molecule has 0 unspecified atom stereocenters. The summed E-state index contributed by atoms with van der Waals surface area (Å²) in [6.45, 7) is 0. The smallest absolute Gasteiger partial charge is 0.0540 e. The molecular formula is C60H37N. The summed E-state index contributed by atoms with van der Waals surface area (Å²) in [6.07, 6.45) is 0. The molecule has 0 aliphatic carbocycles. The van der Waals surface area contributed by atoms with Crippen LogP contribution in [0, 0.1) is 0 Å². The predicted octanol–water partition coefficient (Wildman–Crippen LogP) is 17.2. The van der Waals surface area contributed by atoms with Crippen molar-refractivity contribution in [3.8, 4) is 22.3 Å². The fraction of sp³-hybridized carbons (Fsp3) is 0. The van der Waals surface area contributed by atoms with Crippen LogP contribution in [-0.4, -0.2) is 0 Å². The van der Waals surface area contributed by atoms with Crippen molar-refractivity contribution >= 4 is 103 Å². The number of rotatable bonds is 5. The summed E-state index contributed by atoms with van der Waals surface area (Å²) in [5, 5.41) is 20.4.